The van der Waals surface area contributed by atoms with Gasteiger partial charge in [0, 0.05) is 6.54 Å². The van der Waals surface area contributed by atoms with Gasteiger partial charge in [-0.15, -0.1) is 5.10 Å². The van der Waals surface area contributed by atoms with Crippen LogP contribution in [-0.2, 0) is 13.1 Å². The molecule has 1 aliphatic carbocycles. The van der Waals surface area contributed by atoms with Crippen molar-refractivity contribution in [2.45, 2.75) is 25.9 Å². The molecule has 0 radical (unpaired) electrons. The van der Waals surface area contributed by atoms with Crippen molar-refractivity contribution in [1.29, 1.82) is 0 Å². The topological polar surface area (TPSA) is 55.9 Å². The number of halogens is 1. The highest BCUT2D eigenvalue weighted by Crippen LogP contribution is 2.27. The minimum Gasteiger partial charge on any atom is -0.452 e. The first-order valence-electron chi connectivity index (χ1n) is 6.13. The van der Waals surface area contributed by atoms with E-state index in [1.165, 1.54) is 12.8 Å². The van der Waals surface area contributed by atoms with Gasteiger partial charge in [0.15, 0.2) is 4.67 Å². The molecule has 6 heteroatoms. The van der Waals surface area contributed by atoms with Gasteiger partial charge in [0.1, 0.15) is 12.3 Å². The van der Waals surface area contributed by atoms with Gasteiger partial charge in [-0.05, 0) is 53.4 Å². The van der Waals surface area contributed by atoms with Gasteiger partial charge in [0.2, 0.25) is 0 Å². The van der Waals surface area contributed by atoms with Gasteiger partial charge in [0.25, 0.3) is 0 Å². The summed E-state index contributed by atoms with van der Waals surface area (Å²) in [5, 5.41) is 11.6. The Balaban J connectivity index is 1.52. The average Bonchev–Trinajstić information content (AvgIpc) is 2.92. The quantitative estimate of drug-likeness (QED) is 0.888. The second-order valence-electron chi connectivity index (χ2n) is 4.69. The van der Waals surface area contributed by atoms with Crippen molar-refractivity contribution in [3.05, 3.63) is 34.5 Å². The summed E-state index contributed by atoms with van der Waals surface area (Å²) in [6.07, 6.45) is 4.69. The van der Waals surface area contributed by atoms with E-state index in [4.69, 9.17) is 4.42 Å². The Bertz CT molecular complexity index is 518. The first-order valence-corrected chi connectivity index (χ1v) is 6.93. The van der Waals surface area contributed by atoms with Crippen molar-refractivity contribution in [2.75, 3.05) is 6.54 Å². The zero-order valence-corrected chi connectivity index (χ0v) is 11.6. The molecule has 0 unspecified atom stereocenters. The first-order chi connectivity index (χ1) is 8.79. The van der Waals surface area contributed by atoms with Gasteiger partial charge in [0.05, 0.1) is 11.9 Å². The molecule has 2 aromatic rings. The third-order valence-electron chi connectivity index (χ3n) is 2.97. The van der Waals surface area contributed by atoms with Crippen LogP contribution in [0.2, 0.25) is 0 Å². The lowest BCUT2D eigenvalue weighted by Crippen LogP contribution is -2.16. The van der Waals surface area contributed by atoms with E-state index in [1.807, 2.05) is 18.3 Å². The summed E-state index contributed by atoms with van der Waals surface area (Å²) in [6.45, 7) is 2.50. The molecule has 2 aromatic heterocycles. The van der Waals surface area contributed by atoms with E-state index in [2.05, 4.69) is 31.6 Å². The van der Waals surface area contributed by atoms with E-state index in [9.17, 15) is 0 Å². The van der Waals surface area contributed by atoms with Crippen molar-refractivity contribution >= 4 is 15.9 Å². The minimum atomic E-state index is 0.612. The van der Waals surface area contributed by atoms with E-state index < -0.39 is 0 Å². The third-order valence-corrected chi connectivity index (χ3v) is 3.40. The second kappa shape index (κ2) is 5.24. The molecule has 0 amide bonds. The molecule has 1 aliphatic rings. The fourth-order valence-electron chi connectivity index (χ4n) is 1.82. The zero-order valence-electron chi connectivity index (χ0n) is 9.97. The lowest BCUT2D eigenvalue weighted by atomic mass is 10.4. The molecule has 1 N–H and O–H groups in total. The molecule has 5 nitrogen and oxygen atoms in total. The Labute approximate surface area is 114 Å². The molecule has 96 valence electrons. The summed E-state index contributed by atoms with van der Waals surface area (Å²) in [6, 6.07) is 3.81. The number of aromatic nitrogens is 3. The van der Waals surface area contributed by atoms with Crippen LogP contribution < -0.4 is 5.32 Å². The number of rotatable bonds is 6. The number of hydrogen-bond acceptors (Lipinski definition) is 4. The zero-order chi connectivity index (χ0) is 12.4. The maximum absolute atomic E-state index is 5.43. The van der Waals surface area contributed by atoms with Crippen LogP contribution in [0.25, 0.3) is 0 Å². The molecule has 0 aromatic carbocycles. The van der Waals surface area contributed by atoms with Crippen LogP contribution in [0, 0.1) is 5.92 Å². The van der Waals surface area contributed by atoms with Crippen molar-refractivity contribution < 1.29 is 4.42 Å². The van der Waals surface area contributed by atoms with Crippen LogP contribution in [0.5, 0.6) is 0 Å². The summed E-state index contributed by atoms with van der Waals surface area (Å²) < 4.78 is 7.96. The van der Waals surface area contributed by atoms with Crippen molar-refractivity contribution in [1.82, 2.24) is 20.3 Å². The van der Waals surface area contributed by atoms with Crippen LogP contribution in [0.4, 0.5) is 0 Å². The lowest BCUT2D eigenvalue weighted by molar-refractivity contribution is 0.459. The molecule has 3 rings (SSSR count). The Morgan fingerprint density at radius 2 is 2.33 bits per heavy atom. The largest absolute Gasteiger partial charge is 0.452 e. The molecule has 18 heavy (non-hydrogen) atoms. The molecule has 1 fully saturated rings. The summed E-state index contributed by atoms with van der Waals surface area (Å²) in [5.74, 6) is 1.75. The highest BCUT2D eigenvalue weighted by atomic mass is 79.9. The number of nitrogens with one attached hydrogen (secondary N) is 1. The van der Waals surface area contributed by atoms with Crippen LogP contribution in [0.3, 0.4) is 0 Å². The van der Waals surface area contributed by atoms with Gasteiger partial charge in [-0.3, -0.25) is 0 Å². The number of furan rings is 1. The molecular formula is C12H15BrN4O. The maximum atomic E-state index is 5.43. The van der Waals surface area contributed by atoms with Gasteiger partial charge in [-0.2, -0.15) is 0 Å². The molecule has 0 saturated heterocycles. The van der Waals surface area contributed by atoms with Gasteiger partial charge in [-0.25, -0.2) is 4.68 Å². The smallest absolute Gasteiger partial charge is 0.169 e. The van der Waals surface area contributed by atoms with Gasteiger partial charge < -0.3 is 9.73 Å². The van der Waals surface area contributed by atoms with E-state index in [1.54, 1.807) is 4.68 Å². The second-order valence-corrected chi connectivity index (χ2v) is 5.47. The summed E-state index contributed by atoms with van der Waals surface area (Å²) in [4.78, 5) is 0. The SMILES string of the molecule is Brc1ccc(Cn2cc(CNCC3CC3)nn2)o1. The molecule has 0 spiro atoms. The molecular weight excluding hydrogens is 296 g/mol. The summed E-state index contributed by atoms with van der Waals surface area (Å²) in [5.41, 5.74) is 0.973. The Kier molecular flexibility index (Phi) is 3.47. The Morgan fingerprint density at radius 1 is 1.44 bits per heavy atom. The fraction of sp³-hybridized carbons (Fsp3) is 0.500. The average molecular weight is 311 g/mol. The number of hydrogen-bond donors (Lipinski definition) is 1. The molecule has 1 saturated carbocycles. The maximum Gasteiger partial charge on any atom is 0.169 e. The number of nitrogens with zero attached hydrogens (tertiary/aromatic N) is 3. The highest BCUT2D eigenvalue weighted by Gasteiger charge is 2.20. The molecule has 2 heterocycles. The van der Waals surface area contributed by atoms with Crippen LogP contribution in [0.15, 0.2) is 27.4 Å². The summed E-state index contributed by atoms with van der Waals surface area (Å²) in [7, 11) is 0. The molecule has 0 bridgehead atoms. The normalized spacial score (nSPS) is 15.2. The third kappa shape index (κ3) is 3.20. The summed E-state index contributed by atoms with van der Waals surface area (Å²) >= 11 is 3.28. The Hall–Kier alpha value is -1.14. The lowest BCUT2D eigenvalue weighted by Gasteiger charge is -1.98. The Morgan fingerprint density at radius 3 is 3.06 bits per heavy atom. The van der Waals surface area contributed by atoms with Crippen LogP contribution in [0.1, 0.15) is 24.3 Å². The highest BCUT2D eigenvalue weighted by molar-refractivity contribution is 9.10. The molecule has 0 aliphatic heterocycles. The van der Waals surface area contributed by atoms with E-state index in [0.29, 0.717) is 6.54 Å². The fourth-order valence-corrected chi connectivity index (χ4v) is 2.16. The van der Waals surface area contributed by atoms with Gasteiger partial charge >= 0.3 is 0 Å². The van der Waals surface area contributed by atoms with Crippen LogP contribution in [-0.4, -0.2) is 21.5 Å². The van der Waals surface area contributed by atoms with Crippen LogP contribution >= 0.6 is 15.9 Å². The first kappa shape index (κ1) is 11.9. The van der Waals surface area contributed by atoms with Crippen molar-refractivity contribution in [2.24, 2.45) is 5.92 Å². The standard InChI is InChI=1S/C12H15BrN4O/c13-12-4-3-11(18-12)8-17-7-10(15-16-17)6-14-5-9-1-2-9/h3-4,7,9,14H,1-2,5-6,8H2. The molecule has 0 atom stereocenters. The minimum absolute atomic E-state index is 0.612. The van der Waals surface area contributed by atoms with E-state index in [0.717, 1.165) is 35.1 Å². The van der Waals surface area contributed by atoms with E-state index >= 15 is 0 Å². The van der Waals surface area contributed by atoms with E-state index in [-0.39, 0.29) is 0 Å². The van der Waals surface area contributed by atoms with Gasteiger partial charge in [-0.1, -0.05) is 5.21 Å². The predicted octanol–water partition coefficient (Wildman–Crippen LogP) is 2.18. The van der Waals surface area contributed by atoms with Crippen molar-refractivity contribution in [3.8, 4) is 0 Å². The monoisotopic (exact) mass is 310 g/mol. The predicted molar refractivity (Wildman–Crippen MR) is 70.0 cm³/mol. The van der Waals surface area contributed by atoms with Crippen molar-refractivity contribution in [3.63, 3.8) is 0 Å².